The van der Waals surface area contributed by atoms with Gasteiger partial charge in [-0.2, -0.15) is 0 Å². The quantitative estimate of drug-likeness (QED) is 0.227. The summed E-state index contributed by atoms with van der Waals surface area (Å²) in [5.41, 5.74) is 5.41. The van der Waals surface area contributed by atoms with E-state index in [1.807, 2.05) is 0 Å². The lowest BCUT2D eigenvalue weighted by Gasteiger charge is -2.31. The molecular formula is C16H32IN5O2. The van der Waals surface area contributed by atoms with Gasteiger partial charge in [-0.05, 0) is 45.2 Å². The molecule has 140 valence electrons. The Morgan fingerprint density at radius 3 is 2.83 bits per heavy atom. The summed E-state index contributed by atoms with van der Waals surface area (Å²) in [5.74, 6) is 0.693. The standard InChI is InChI=1S/C16H31N5O2.HI/c1-18-16(20-11-14-6-3-10-23-14)19-7-4-9-21-8-2-5-13(12-21)15(17)22;/h13-14H,2-12H2,1H3,(H2,17,22)(H2,18,19,20);1H. The molecule has 24 heavy (non-hydrogen) atoms. The van der Waals surface area contributed by atoms with Crippen LogP contribution in [0.15, 0.2) is 4.99 Å². The van der Waals surface area contributed by atoms with Gasteiger partial charge in [0, 0.05) is 33.3 Å². The number of rotatable bonds is 7. The van der Waals surface area contributed by atoms with Gasteiger partial charge in [0.2, 0.25) is 5.91 Å². The normalized spacial score (nSPS) is 25.1. The highest BCUT2D eigenvalue weighted by Gasteiger charge is 2.23. The summed E-state index contributed by atoms with van der Waals surface area (Å²) in [6, 6.07) is 0. The van der Waals surface area contributed by atoms with E-state index in [0.717, 1.165) is 77.4 Å². The van der Waals surface area contributed by atoms with Crippen molar-refractivity contribution in [1.82, 2.24) is 15.5 Å². The number of guanidine groups is 1. The van der Waals surface area contributed by atoms with E-state index >= 15 is 0 Å². The number of ether oxygens (including phenoxy) is 1. The minimum Gasteiger partial charge on any atom is -0.376 e. The Balaban J connectivity index is 0.00000288. The molecule has 0 spiro atoms. The van der Waals surface area contributed by atoms with Crippen molar-refractivity contribution in [1.29, 1.82) is 0 Å². The number of hydrogen-bond acceptors (Lipinski definition) is 4. The lowest BCUT2D eigenvalue weighted by Crippen LogP contribution is -2.43. The molecule has 2 aliphatic heterocycles. The number of nitrogens with one attached hydrogen (secondary N) is 2. The van der Waals surface area contributed by atoms with Crippen molar-refractivity contribution in [2.24, 2.45) is 16.6 Å². The number of carbonyl (C=O) groups is 1. The summed E-state index contributed by atoms with van der Waals surface area (Å²) in [4.78, 5) is 17.9. The third-order valence-electron chi connectivity index (χ3n) is 4.60. The van der Waals surface area contributed by atoms with E-state index in [0.29, 0.717) is 6.10 Å². The molecule has 7 nitrogen and oxygen atoms in total. The van der Waals surface area contributed by atoms with Crippen LogP contribution in [0.4, 0.5) is 0 Å². The first-order valence-electron chi connectivity index (χ1n) is 8.77. The Hall–Kier alpha value is -0.610. The van der Waals surface area contributed by atoms with Crippen LogP contribution in [0, 0.1) is 5.92 Å². The van der Waals surface area contributed by atoms with E-state index in [-0.39, 0.29) is 35.8 Å². The minimum atomic E-state index is -0.161. The zero-order valence-electron chi connectivity index (χ0n) is 14.6. The Morgan fingerprint density at radius 2 is 2.17 bits per heavy atom. The first-order chi connectivity index (χ1) is 11.2. The number of nitrogens with two attached hydrogens (primary N) is 1. The fourth-order valence-corrected chi connectivity index (χ4v) is 3.24. The molecule has 0 aromatic rings. The number of aliphatic imine (C=N–C) groups is 1. The first kappa shape index (κ1) is 21.4. The van der Waals surface area contributed by atoms with Crippen LogP contribution in [0.2, 0.25) is 0 Å². The molecule has 4 N–H and O–H groups in total. The summed E-state index contributed by atoms with van der Waals surface area (Å²) in [6.45, 7) is 5.41. The van der Waals surface area contributed by atoms with Gasteiger partial charge >= 0.3 is 0 Å². The molecule has 1 amide bonds. The Morgan fingerprint density at radius 1 is 1.33 bits per heavy atom. The number of primary amides is 1. The lowest BCUT2D eigenvalue weighted by atomic mass is 9.97. The molecule has 2 heterocycles. The molecule has 0 bridgehead atoms. The van der Waals surface area contributed by atoms with Crippen LogP contribution in [-0.2, 0) is 9.53 Å². The minimum absolute atomic E-state index is 0. The molecule has 2 rings (SSSR count). The van der Waals surface area contributed by atoms with Crippen LogP contribution in [-0.4, -0.2) is 69.2 Å². The van der Waals surface area contributed by atoms with Crippen molar-refractivity contribution >= 4 is 35.8 Å². The SMILES string of the molecule is CN=C(NCCCN1CCCC(C(N)=O)C1)NCC1CCCO1.I. The van der Waals surface area contributed by atoms with Crippen molar-refractivity contribution in [3.63, 3.8) is 0 Å². The van der Waals surface area contributed by atoms with Gasteiger partial charge in [-0.3, -0.25) is 9.79 Å². The second-order valence-electron chi connectivity index (χ2n) is 6.41. The van der Waals surface area contributed by atoms with Crippen LogP contribution in [0.5, 0.6) is 0 Å². The number of halogens is 1. The smallest absolute Gasteiger partial charge is 0.221 e. The van der Waals surface area contributed by atoms with E-state index in [1.54, 1.807) is 7.05 Å². The maximum atomic E-state index is 11.3. The Labute approximate surface area is 162 Å². The zero-order chi connectivity index (χ0) is 16.5. The Kier molecular flexibility index (Phi) is 10.6. The highest BCUT2D eigenvalue weighted by atomic mass is 127. The Bertz CT molecular complexity index is 402. The van der Waals surface area contributed by atoms with Crippen LogP contribution in [0.3, 0.4) is 0 Å². The molecule has 0 aromatic carbocycles. The number of carbonyl (C=O) groups excluding carboxylic acids is 1. The summed E-state index contributed by atoms with van der Waals surface area (Å²) < 4.78 is 5.59. The molecule has 2 unspecified atom stereocenters. The predicted octanol–water partition coefficient (Wildman–Crippen LogP) is 0.536. The fraction of sp³-hybridized carbons (Fsp3) is 0.875. The van der Waals surface area contributed by atoms with Gasteiger partial charge in [0.1, 0.15) is 0 Å². The molecule has 2 saturated heterocycles. The molecule has 2 fully saturated rings. The van der Waals surface area contributed by atoms with E-state index in [1.165, 1.54) is 0 Å². The third-order valence-corrected chi connectivity index (χ3v) is 4.60. The topological polar surface area (TPSA) is 92.0 Å². The predicted molar refractivity (Wildman–Crippen MR) is 107 cm³/mol. The number of hydrogen-bond donors (Lipinski definition) is 3. The second-order valence-corrected chi connectivity index (χ2v) is 6.41. The van der Waals surface area contributed by atoms with E-state index in [9.17, 15) is 4.79 Å². The van der Waals surface area contributed by atoms with Crippen LogP contribution < -0.4 is 16.4 Å². The van der Waals surface area contributed by atoms with Crippen molar-refractivity contribution in [2.45, 2.75) is 38.2 Å². The number of likely N-dealkylation sites (tertiary alicyclic amines) is 1. The van der Waals surface area contributed by atoms with E-state index < -0.39 is 0 Å². The maximum Gasteiger partial charge on any atom is 0.221 e. The van der Waals surface area contributed by atoms with Crippen molar-refractivity contribution in [3.8, 4) is 0 Å². The fourth-order valence-electron chi connectivity index (χ4n) is 3.24. The molecule has 0 saturated carbocycles. The second kappa shape index (κ2) is 11.9. The highest BCUT2D eigenvalue weighted by Crippen LogP contribution is 2.15. The number of piperidine rings is 1. The average molecular weight is 453 g/mol. The van der Waals surface area contributed by atoms with Gasteiger partial charge in [-0.1, -0.05) is 0 Å². The summed E-state index contributed by atoms with van der Waals surface area (Å²) >= 11 is 0. The zero-order valence-corrected chi connectivity index (χ0v) is 17.0. The van der Waals surface area contributed by atoms with E-state index in [4.69, 9.17) is 10.5 Å². The van der Waals surface area contributed by atoms with Crippen LogP contribution in [0.25, 0.3) is 0 Å². The molecule has 2 atom stereocenters. The monoisotopic (exact) mass is 453 g/mol. The number of nitrogens with zero attached hydrogens (tertiary/aromatic N) is 2. The summed E-state index contributed by atoms with van der Waals surface area (Å²) in [5, 5.41) is 6.64. The molecule has 0 aliphatic carbocycles. The van der Waals surface area contributed by atoms with Gasteiger partial charge in [-0.15, -0.1) is 24.0 Å². The summed E-state index contributed by atoms with van der Waals surface area (Å²) in [7, 11) is 1.78. The van der Waals surface area contributed by atoms with Crippen molar-refractivity contribution < 1.29 is 9.53 Å². The van der Waals surface area contributed by atoms with Crippen LogP contribution in [0.1, 0.15) is 32.1 Å². The van der Waals surface area contributed by atoms with Gasteiger partial charge < -0.3 is 26.0 Å². The summed E-state index contributed by atoms with van der Waals surface area (Å²) in [6.07, 6.45) is 5.61. The van der Waals surface area contributed by atoms with Crippen molar-refractivity contribution in [3.05, 3.63) is 0 Å². The molecular weight excluding hydrogens is 421 g/mol. The first-order valence-corrected chi connectivity index (χ1v) is 8.77. The van der Waals surface area contributed by atoms with Crippen molar-refractivity contribution in [2.75, 3.05) is 46.4 Å². The number of amides is 1. The molecule has 2 aliphatic rings. The van der Waals surface area contributed by atoms with Gasteiger partial charge in [-0.25, -0.2) is 0 Å². The largest absolute Gasteiger partial charge is 0.376 e. The van der Waals surface area contributed by atoms with Gasteiger partial charge in [0.15, 0.2) is 5.96 Å². The van der Waals surface area contributed by atoms with Gasteiger partial charge in [0.05, 0.1) is 12.0 Å². The van der Waals surface area contributed by atoms with Gasteiger partial charge in [0.25, 0.3) is 0 Å². The highest BCUT2D eigenvalue weighted by molar-refractivity contribution is 14.0. The maximum absolute atomic E-state index is 11.3. The molecule has 8 heteroatoms. The molecule has 0 aromatic heterocycles. The molecule has 0 radical (unpaired) electrons. The average Bonchev–Trinajstić information content (AvgIpc) is 3.08. The van der Waals surface area contributed by atoms with E-state index in [2.05, 4.69) is 20.5 Å². The lowest BCUT2D eigenvalue weighted by molar-refractivity contribution is -0.123. The third kappa shape index (κ3) is 7.52. The van der Waals surface area contributed by atoms with Crippen LogP contribution >= 0.6 is 24.0 Å².